The molecule has 0 atom stereocenters. The summed E-state index contributed by atoms with van der Waals surface area (Å²) in [6.45, 7) is 2.94. The number of halogens is 1. The van der Waals surface area contributed by atoms with Crippen molar-refractivity contribution in [2.24, 2.45) is 5.73 Å². The lowest BCUT2D eigenvalue weighted by Gasteiger charge is -2.25. The molecule has 0 fully saturated rings. The van der Waals surface area contributed by atoms with Gasteiger partial charge < -0.3 is 15.4 Å². The number of para-hydroxylation sites is 1. The molecule has 2 aromatic carbocycles. The Hall–Kier alpha value is -1.52. The van der Waals surface area contributed by atoms with Gasteiger partial charge in [-0.05, 0) is 29.8 Å². The number of hydrogen-bond acceptors (Lipinski definition) is 3. The molecule has 3 rings (SSSR count). The van der Waals surface area contributed by atoms with E-state index in [2.05, 4.69) is 51.2 Å². The Morgan fingerprint density at radius 1 is 1.20 bits per heavy atom. The van der Waals surface area contributed by atoms with E-state index < -0.39 is 0 Å². The van der Waals surface area contributed by atoms with Gasteiger partial charge in [0, 0.05) is 28.8 Å². The van der Waals surface area contributed by atoms with Crippen LogP contribution in [-0.2, 0) is 13.1 Å². The Morgan fingerprint density at radius 2 is 2.05 bits per heavy atom. The van der Waals surface area contributed by atoms with Crippen molar-refractivity contribution in [3.05, 3.63) is 58.1 Å². The van der Waals surface area contributed by atoms with Crippen LogP contribution in [0.15, 0.2) is 46.9 Å². The monoisotopic (exact) mass is 332 g/mol. The van der Waals surface area contributed by atoms with Gasteiger partial charge in [-0.3, -0.25) is 0 Å². The molecule has 0 aromatic heterocycles. The molecular weight excluding hydrogens is 316 g/mol. The maximum atomic E-state index is 5.88. The largest absolute Gasteiger partial charge is 0.491 e. The molecule has 0 saturated carbocycles. The fraction of sp³-hybridized carbons (Fsp3) is 0.250. The lowest BCUT2D eigenvalue weighted by atomic mass is 10.1. The van der Waals surface area contributed by atoms with Crippen molar-refractivity contribution in [1.82, 2.24) is 0 Å². The van der Waals surface area contributed by atoms with Crippen LogP contribution in [-0.4, -0.2) is 13.2 Å². The average molecular weight is 333 g/mol. The van der Waals surface area contributed by atoms with Crippen LogP contribution in [0.4, 0.5) is 5.69 Å². The predicted octanol–water partition coefficient (Wildman–Crippen LogP) is 3.31. The number of benzene rings is 2. The molecule has 0 spiro atoms. The molecule has 0 unspecified atom stereocenters. The third-order valence-corrected chi connectivity index (χ3v) is 4.05. The standard InChI is InChI=1S/C16H17BrN2O/c17-14-5-6-15(13(9-14)10-18)19-7-8-20-16-4-2-1-3-12(16)11-19/h1-6,9H,7-8,10-11,18H2. The maximum absolute atomic E-state index is 5.88. The predicted molar refractivity (Wildman–Crippen MR) is 85.0 cm³/mol. The Morgan fingerprint density at radius 3 is 2.90 bits per heavy atom. The average Bonchev–Trinajstić information content (AvgIpc) is 2.69. The molecule has 2 aromatic rings. The molecule has 0 aliphatic carbocycles. The van der Waals surface area contributed by atoms with Crippen LogP contribution < -0.4 is 15.4 Å². The minimum atomic E-state index is 0.535. The zero-order chi connectivity index (χ0) is 13.9. The minimum absolute atomic E-state index is 0.535. The van der Waals surface area contributed by atoms with Crippen LogP contribution in [0.1, 0.15) is 11.1 Å². The Labute approximate surface area is 127 Å². The number of rotatable bonds is 2. The van der Waals surface area contributed by atoms with Gasteiger partial charge in [-0.15, -0.1) is 0 Å². The topological polar surface area (TPSA) is 38.5 Å². The van der Waals surface area contributed by atoms with Crippen LogP contribution in [0.2, 0.25) is 0 Å². The zero-order valence-corrected chi connectivity index (χ0v) is 12.8. The first kappa shape index (κ1) is 13.5. The van der Waals surface area contributed by atoms with Gasteiger partial charge in [-0.25, -0.2) is 0 Å². The third kappa shape index (κ3) is 2.67. The van der Waals surface area contributed by atoms with Crippen molar-refractivity contribution in [3.8, 4) is 5.75 Å². The lowest BCUT2D eigenvalue weighted by molar-refractivity contribution is 0.331. The zero-order valence-electron chi connectivity index (χ0n) is 11.2. The maximum Gasteiger partial charge on any atom is 0.124 e. The highest BCUT2D eigenvalue weighted by molar-refractivity contribution is 9.10. The van der Waals surface area contributed by atoms with Gasteiger partial charge in [0.15, 0.2) is 0 Å². The molecule has 0 bridgehead atoms. The van der Waals surface area contributed by atoms with Gasteiger partial charge in [-0.1, -0.05) is 34.1 Å². The minimum Gasteiger partial charge on any atom is -0.491 e. The smallest absolute Gasteiger partial charge is 0.124 e. The molecule has 1 heterocycles. The number of nitrogens with zero attached hydrogens (tertiary/aromatic N) is 1. The van der Waals surface area contributed by atoms with E-state index in [0.717, 1.165) is 28.9 Å². The number of nitrogens with two attached hydrogens (primary N) is 1. The van der Waals surface area contributed by atoms with Crippen molar-refractivity contribution < 1.29 is 4.74 Å². The van der Waals surface area contributed by atoms with Crippen molar-refractivity contribution in [3.63, 3.8) is 0 Å². The third-order valence-electron chi connectivity index (χ3n) is 3.55. The molecule has 2 N–H and O–H groups in total. The summed E-state index contributed by atoms with van der Waals surface area (Å²) in [7, 11) is 0. The molecule has 3 nitrogen and oxygen atoms in total. The van der Waals surface area contributed by atoms with Gasteiger partial charge in [0.25, 0.3) is 0 Å². The summed E-state index contributed by atoms with van der Waals surface area (Å²) in [4.78, 5) is 2.33. The normalized spacial score (nSPS) is 14.4. The first-order valence-electron chi connectivity index (χ1n) is 6.72. The van der Waals surface area contributed by atoms with Gasteiger partial charge in [0.2, 0.25) is 0 Å². The van der Waals surface area contributed by atoms with E-state index in [-0.39, 0.29) is 0 Å². The lowest BCUT2D eigenvalue weighted by Crippen LogP contribution is -2.26. The highest BCUT2D eigenvalue weighted by Crippen LogP contribution is 2.29. The molecule has 0 amide bonds. The molecule has 104 valence electrons. The summed E-state index contributed by atoms with van der Waals surface area (Å²) in [5.74, 6) is 0.987. The summed E-state index contributed by atoms with van der Waals surface area (Å²) in [6, 6.07) is 14.5. The summed E-state index contributed by atoms with van der Waals surface area (Å²) in [6.07, 6.45) is 0. The van der Waals surface area contributed by atoms with E-state index in [1.54, 1.807) is 0 Å². The molecule has 20 heavy (non-hydrogen) atoms. The van der Waals surface area contributed by atoms with Crippen LogP contribution in [0, 0.1) is 0 Å². The van der Waals surface area contributed by atoms with E-state index >= 15 is 0 Å². The van der Waals surface area contributed by atoms with E-state index in [0.29, 0.717) is 13.2 Å². The number of ether oxygens (including phenoxy) is 1. The quantitative estimate of drug-likeness (QED) is 0.916. The second kappa shape index (κ2) is 5.85. The summed E-state index contributed by atoms with van der Waals surface area (Å²) >= 11 is 3.50. The number of hydrogen-bond donors (Lipinski definition) is 1. The van der Waals surface area contributed by atoms with Gasteiger partial charge >= 0.3 is 0 Å². The summed E-state index contributed by atoms with van der Waals surface area (Å²) in [5.41, 5.74) is 9.44. The highest BCUT2D eigenvalue weighted by atomic mass is 79.9. The molecule has 1 aliphatic heterocycles. The first-order chi connectivity index (χ1) is 9.78. The number of fused-ring (bicyclic) bond motifs is 1. The Bertz CT molecular complexity index is 615. The van der Waals surface area contributed by atoms with E-state index in [4.69, 9.17) is 10.5 Å². The van der Waals surface area contributed by atoms with Crippen molar-refractivity contribution >= 4 is 21.6 Å². The van der Waals surface area contributed by atoms with Gasteiger partial charge in [0.1, 0.15) is 12.4 Å². The molecule has 4 heteroatoms. The molecular formula is C16H17BrN2O. The summed E-state index contributed by atoms with van der Waals surface area (Å²) < 4.78 is 6.88. The SMILES string of the molecule is NCc1cc(Br)ccc1N1CCOc2ccccc2C1. The summed E-state index contributed by atoms with van der Waals surface area (Å²) in [5, 5.41) is 0. The highest BCUT2D eigenvalue weighted by Gasteiger charge is 2.17. The first-order valence-corrected chi connectivity index (χ1v) is 7.51. The fourth-order valence-electron chi connectivity index (χ4n) is 2.56. The van der Waals surface area contributed by atoms with Crippen LogP contribution in [0.5, 0.6) is 5.75 Å². The van der Waals surface area contributed by atoms with Crippen LogP contribution in [0.3, 0.4) is 0 Å². The van der Waals surface area contributed by atoms with Gasteiger partial charge in [0.05, 0.1) is 6.54 Å². The van der Waals surface area contributed by atoms with Crippen LogP contribution >= 0.6 is 15.9 Å². The van der Waals surface area contributed by atoms with E-state index in [9.17, 15) is 0 Å². The van der Waals surface area contributed by atoms with Crippen molar-refractivity contribution in [2.75, 3.05) is 18.1 Å². The Kier molecular flexibility index (Phi) is 3.94. The van der Waals surface area contributed by atoms with Gasteiger partial charge in [-0.2, -0.15) is 0 Å². The number of anilines is 1. The van der Waals surface area contributed by atoms with Crippen molar-refractivity contribution in [2.45, 2.75) is 13.1 Å². The van der Waals surface area contributed by atoms with E-state index in [1.807, 2.05) is 12.1 Å². The second-order valence-electron chi connectivity index (χ2n) is 4.85. The molecule has 0 radical (unpaired) electrons. The Balaban J connectivity index is 1.95. The second-order valence-corrected chi connectivity index (χ2v) is 5.77. The van der Waals surface area contributed by atoms with Crippen LogP contribution in [0.25, 0.3) is 0 Å². The van der Waals surface area contributed by atoms with E-state index in [1.165, 1.54) is 11.3 Å². The fourth-order valence-corrected chi connectivity index (χ4v) is 2.97. The molecule has 0 saturated heterocycles. The van der Waals surface area contributed by atoms with Crippen molar-refractivity contribution in [1.29, 1.82) is 0 Å². The molecule has 1 aliphatic rings.